The number of hydrogen-bond acceptors (Lipinski definition) is 2. The van der Waals surface area contributed by atoms with Gasteiger partial charge >= 0.3 is 0 Å². The van der Waals surface area contributed by atoms with E-state index >= 15 is 0 Å². The Morgan fingerprint density at radius 3 is 2.69 bits per heavy atom. The highest BCUT2D eigenvalue weighted by atomic mass is 16.5. The van der Waals surface area contributed by atoms with E-state index in [1.807, 2.05) is 0 Å². The lowest BCUT2D eigenvalue weighted by atomic mass is 9.77. The second-order valence-corrected chi connectivity index (χ2v) is 5.02. The molecule has 0 bridgehead atoms. The predicted octanol–water partition coefficient (Wildman–Crippen LogP) is 3.22. The Morgan fingerprint density at radius 2 is 2.06 bits per heavy atom. The van der Waals surface area contributed by atoms with Gasteiger partial charge in [0.1, 0.15) is 0 Å². The number of likely N-dealkylation sites (N-methyl/N-ethyl adjacent to an activating group) is 1. The van der Waals surface area contributed by atoms with Gasteiger partial charge in [-0.3, -0.25) is 0 Å². The molecule has 1 aliphatic carbocycles. The first-order valence-electron chi connectivity index (χ1n) is 7.12. The summed E-state index contributed by atoms with van der Waals surface area (Å²) < 4.78 is 5.61. The van der Waals surface area contributed by atoms with E-state index in [2.05, 4.69) is 26.1 Å². The fraction of sp³-hybridized carbons (Fsp3) is 1.00. The van der Waals surface area contributed by atoms with E-state index in [9.17, 15) is 0 Å². The summed E-state index contributed by atoms with van der Waals surface area (Å²) in [5, 5.41) is 3.61. The number of nitrogens with one attached hydrogen (secondary N) is 1. The maximum atomic E-state index is 5.61. The van der Waals surface area contributed by atoms with Gasteiger partial charge in [-0.25, -0.2) is 0 Å². The van der Waals surface area contributed by atoms with Crippen LogP contribution in [0.2, 0.25) is 0 Å². The number of rotatable bonds is 7. The molecule has 3 unspecified atom stereocenters. The smallest absolute Gasteiger partial charge is 0.0622 e. The topological polar surface area (TPSA) is 21.3 Å². The molecule has 0 heterocycles. The summed E-state index contributed by atoms with van der Waals surface area (Å²) in [5.41, 5.74) is 0. The van der Waals surface area contributed by atoms with Gasteiger partial charge in [-0.2, -0.15) is 0 Å². The summed E-state index contributed by atoms with van der Waals surface area (Å²) in [4.78, 5) is 0. The summed E-state index contributed by atoms with van der Waals surface area (Å²) >= 11 is 0. The highest BCUT2D eigenvalue weighted by Gasteiger charge is 2.27. The van der Waals surface area contributed by atoms with Crippen LogP contribution in [0.4, 0.5) is 0 Å². The molecule has 0 aromatic carbocycles. The molecule has 1 N–H and O–H groups in total. The first-order chi connectivity index (χ1) is 7.81. The van der Waals surface area contributed by atoms with Gasteiger partial charge in [0.2, 0.25) is 0 Å². The van der Waals surface area contributed by atoms with Gasteiger partial charge in [-0.05, 0) is 38.1 Å². The normalized spacial score (nSPS) is 27.9. The molecule has 2 heteroatoms. The lowest BCUT2D eigenvalue weighted by Crippen LogP contribution is -2.42. The number of hydrogen-bond donors (Lipinski definition) is 1. The van der Waals surface area contributed by atoms with Gasteiger partial charge in [0.15, 0.2) is 0 Å². The molecule has 0 amide bonds. The average molecular weight is 227 g/mol. The summed E-state index contributed by atoms with van der Waals surface area (Å²) in [5.74, 6) is 1.80. The van der Waals surface area contributed by atoms with Crippen molar-refractivity contribution in [2.45, 2.75) is 58.9 Å². The second-order valence-electron chi connectivity index (χ2n) is 5.02. The molecule has 96 valence electrons. The van der Waals surface area contributed by atoms with Crippen LogP contribution in [0.25, 0.3) is 0 Å². The van der Waals surface area contributed by atoms with Crippen molar-refractivity contribution in [2.75, 3.05) is 19.8 Å². The fourth-order valence-corrected chi connectivity index (χ4v) is 2.94. The Morgan fingerprint density at radius 1 is 1.25 bits per heavy atom. The van der Waals surface area contributed by atoms with Crippen molar-refractivity contribution < 1.29 is 4.74 Å². The molecular formula is C14H29NO. The van der Waals surface area contributed by atoms with E-state index < -0.39 is 0 Å². The Balaban J connectivity index is 2.41. The molecule has 1 saturated carbocycles. The third kappa shape index (κ3) is 4.42. The molecule has 0 aromatic heterocycles. The summed E-state index contributed by atoms with van der Waals surface area (Å²) in [7, 11) is 0. The van der Waals surface area contributed by atoms with E-state index in [-0.39, 0.29) is 0 Å². The molecule has 0 spiro atoms. The zero-order valence-corrected chi connectivity index (χ0v) is 11.3. The van der Waals surface area contributed by atoms with Crippen molar-refractivity contribution in [3.63, 3.8) is 0 Å². The highest BCUT2D eigenvalue weighted by Crippen LogP contribution is 2.32. The van der Waals surface area contributed by atoms with E-state index in [1.165, 1.54) is 32.1 Å². The van der Waals surface area contributed by atoms with E-state index in [1.54, 1.807) is 0 Å². The summed E-state index contributed by atoms with van der Waals surface area (Å²) in [6.07, 6.45) is 7.00. The van der Waals surface area contributed by atoms with Crippen LogP contribution in [0.3, 0.4) is 0 Å². The lowest BCUT2D eigenvalue weighted by molar-refractivity contribution is 0.0853. The third-order valence-corrected chi connectivity index (χ3v) is 3.94. The van der Waals surface area contributed by atoms with Gasteiger partial charge < -0.3 is 10.1 Å². The van der Waals surface area contributed by atoms with Crippen molar-refractivity contribution in [2.24, 2.45) is 11.8 Å². The van der Waals surface area contributed by atoms with Gasteiger partial charge in [-0.1, -0.05) is 33.1 Å². The van der Waals surface area contributed by atoms with Gasteiger partial charge in [-0.15, -0.1) is 0 Å². The van der Waals surface area contributed by atoms with Crippen molar-refractivity contribution in [3.8, 4) is 0 Å². The van der Waals surface area contributed by atoms with Crippen LogP contribution in [0, 0.1) is 11.8 Å². The molecule has 0 aliphatic heterocycles. The quantitative estimate of drug-likeness (QED) is 0.721. The fourth-order valence-electron chi connectivity index (χ4n) is 2.94. The molecule has 1 rings (SSSR count). The van der Waals surface area contributed by atoms with Crippen LogP contribution in [0.1, 0.15) is 52.9 Å². The van der Waals surface area contributed by atoms with E-state index in [4.69, 9.17) is 4.74 Å². The van der Waals surface area contributed by atoms with E-state index in [0.717, 1.165) is 31.6 Å². The molecule has 0 aromatic rings. The molecule has 1 fully saturated rings. The molecule has 2 nitrogen and oxygen atoms in total. The predicted molar refractivity (Wildman–Crippen MR) is 69.7 cm³/mol. The standard InChI is InChI=1S/C14H29NO/c1-4-12-8-7-9-13(10-12)14(15-5-2)11-16-6-3/h12-15H,4-11H2,1-3H3. The van der Waals surface area contributed by atoms with Crippen LogP contribution in [-0.4, -0.2) is 25.8 Å². The van der Waals surface area contributed by atoms with Gasteiger partial charge in [0.25, 0.3) is 0 Å². The van der Waals surface area contributed by atoms with Crippen molar-refractivity contribution in [1.29, 1.82) is 0 Å². The van der Waals surface area contributed by atoms with Crippen LogP contribution < -0.4 is 5.32 Å². The molecule has 16 heavy (non-hydrogen) atoms. The maximum Gasteiger partial charge on any atom is 0.0622 e. The van der Waals surface area contributed by atoms with Crippen molar-refractivity contribution in [3.05, 3.63) is 0 Å². The molecule has 3 atom stereocenters. The zero-order valence-electron chi connectivity index (χ0n) is 11.3. The minimum atomic E-state index is 0.583. The van der Waals surface area contributed by atoms with Crippen molar-refractivity contribution >= 4 is 0 Å². The zero-order chi connectivity index (χ0) is 11.8. The molecule has 0 saturated heterocycles. The van der Waals surface area contributed by atoms with Crippen LogP contribution in [-0.2, 0) is 4.74 Å². The Labute approximate surface area is 101 Å². The largest absolute Gasteiger partial charge is 0.380 e. The van der Waals surface area contributed by atoms with Crippen LogP contribution in [0.15, 0.2) is 0 Å². The van der Waals surface area contributed by atoms with Crippen molar-refractivity contribution in [1.82, 2.24) is 5.32 Å². The first-order valence-corrected chi connectivity index (χ1v) is 7.12. The Bertz CT molecular complexity index is 170. The third-order valence-electron chi connectivity index (χ3n) is 3.94. The second kappa shape index (κ2) is 8.08. The monoisotopic (exact) mass is 227 g/mol. The Hall–Kier alpha value is -0.0800. The lowest BCUT2D eigenvalue weighted by Gasteiger charge is -2.34. The first kappa shape index (κ1) is 14.0. The van der Waals surface area contributed by atoms with Gasteiger partial charge in [0, 0.05) is 12.6 Å². The van der Waals surface area contributed by atoms with E-state index in [0.29, 0.717) is 6.04 Å². The summed E-state index contributed by atoms with van der Waals surface area (Å²) in [6, 6.07) is 0.583. The maximum absolute atomic E-state index is 5.61. The minimum Gasteiger partial charge on any atom is -0.380 e. The van der Waals surface area contributed by atoms with Gasteiger partial charge in [0.05, 0.1) is 6.61 Å². The molecular weight excluding hydrogens is 198 g/mol. The summed E-state index contributed by atoms with van der Waals surface area (Å²) in [6.45, 7) is 9.40. The van der Waals surface area contributed by atoms with Crippen LogP contribution in [0.5, 0.6) is 0 Å². The minimum absolute atomic E-state index is 0.583. The number of ether oxygens (including phenoxy) is 1. The van der Waals surface area contributed by atoms with Crippen LogP contribution >= 0.6 is 0 Å². The Kier molecular flexibility index (Phi) is 7.06. The molecule has 1 aliphatic rings. The molecule has 0 radical (unpaired) electrons. The highest BCUT2D eigenvalue weighted by molar-refractivity contribution is 4.82. The average Bonchev–Trinajstić information content (AvgIpc) is 2.34. The SMILES string of the molecule is CCNC(COCC)C1CCCC(CC)C1.